The molecule has 1 aliphatic heterocycles. The molecule has 1 unspecified atom stereocenters. The van der Waals surface area contributed by atoms with Gasteiger partial charge in [-0.3, -0.25) is 4.84 Å². The molecule has 1 atom stereocenters. The number of hydrogen-bond acceptors (Lipinski definition) is 7. The first-order chi connectivity index (χ1) is 12.3. The molecule has 0 spiro atoms. The molecule has 25 heavy (non-hydrogen) atoms. The summed E-state index contributed by atoms with van der Waals surface area (Å²) in [7, 11) is 0. The molecule has 1 aromatic heterocycles. The highest BCUT2D eigenvalue weighted by Crippen LogP contribution is 2.20. The molecule has 1 aromatic carbocycles. The number of carbonyl (C=O) groups is 1. The summed E-state index contributed by atoms with van der Waals surface area (Å²) >= 11 is 0. The van der Waals surface area contributed by atoms with Crippen molar-refractivity contribution in [2.45, 2.75) is 6.04 Å². The van der Waals surface area contributed by atoms with E-state index in [-0.39, 0.29) is 6.04 Å². The Morgan fingerprint density at radius 1 is 1.44 bits per heavy atom. The maximum absolute atomic E-state index is 12.3. The molecule has 0 amide bonds. The van der Waals surface area contributed by atoms with E-state index in [2.05, 4.69) is 17.0 Å². The minimum Gasteiger partial charge on any atom is -0.445 e. The minimum atomic E-state index is -0.417. The first kappa shape index (κ1) is 17.1. The molecule has 0 aliphatic carbocycles. The third-order valence-corrected chi connectivity index (χ3v) is 3.51. The topological polar surface area (TPSA) is 76.8 Å². The van der Waals surface area contributed by atoms with Gasteiger partial charge in [0.15, 0.2) is 0 Å². The van der Waals surface area contributed by atoms with Crippen molar-refractivity contribution < 1.29 is 18.9 Å². The molecule has 130 valence electrons. The summed E-state index contributed by atoms with van der Waals surface area (Å²) in [5.74, 6) is 0.0657. The van der Waals surface area contributed by atoms with Crippen LogP contribution in [-0.4, -0.2) is 41.8 Å². The van der Waals surface area contributed by atoms with Crippen molar-refractivity contribution in [3.05, 3.63) is 73.0 Å². The Hall–Kier alpha value is -2.74. The second-order valence-electron chi connectivity index (χ2n) is 5.42. The predicted molar refractivity (Wildman–Crippen MR) is 91.0 cm³/mol. The molecule has 0 saturated heterocycles. The molecule has 0 saturated carbocycles. The van der Waals surface area contributed by atoms with Crippen LogP contribution in [0.3, 0.4) is 0 Å². The summed E-state index contributed by atoms with van der Waals surface area (Å²) < 4.78 is 5.35. The van der Waals surface area contributed by atoms with Gasteiger partial charge in [0.25, 0.3) is 0 Å². The minimum absolute atomic E-state index is 0.195. The Kier molecular flexibility index (Phi) is 5.73. The Labute approximate surface area is 145 Å². The van der Waals surface area contributed by atoms with Crippen LogP contribution in [0.2, 0.25) is 0 Å². The molecule has 7 nitrogen and oxygen atoms in total. The van der Waals surface area contributed by atoms with E-state index in [1.807, 2.05) is 12.1 Å². The predicted octanol–water partition coefficient (Wildman–Crippen LogP) is 2.22. The van der Waals surface area contributed by atoms with E-state index in [0.717, 1.165) is 5.57 Å². The van der Waals surface area contributed by atoms with Crippen molar-refractivity contribution in [2.24, 2.45) is 0 Å². The highest BCUT2D eigenvalue weighted by atomic mass is 16.7. The lowest BCUT2D eigenvalue weighted by Gasteiger charge is -2.29. The second kappa shape index (κ2) is 8.39. The molecule has 0 radical (unpaired) electrons. The monoisotopic (exact) mass is 341 g/mol. The lowest BCUT2D eigenvalue weighted by atomic mass is 10.1. The SMILES string of the molecule is C=CCONC1C=C(c2ncco2)CN(OC(=O)c2ccccc2)C1. The highest BCUT2D eigenvalue weighted by Gasteiger charge is 2.26. The lowest BCUT2D eigenvalue weighted by molar-refractivity contribution is -0.113. The molecule has 1 aliphatic rings. The molecule has 1 N–H and O–H groups in total. The van der Waals surface area contributed by atoms with Crippen molar-refractivity contribution in [3.63, 3.8) is 0 Å². The summed E-state index contributed by atoms with van der Waals surface area (Å²) in [6.45, 7) is 4.77. The number of oxazole rings is 1. The van der Waals surface area contributed by atoms with Crippen LogP contribution in [-0.2, 0) is 9.68 Å². The normalized spacial score (nSPS) is 17.8. The van der Waals surface area contributed by atoms with Crippen LogP contribution < -0.4 is 5.48 Å². The number of rotatable bonds is 7. The van der Waals surface area contributed by atoms with E-state index in [1.165, 1.54) is 6.26 Å². The third kappa shape index (κ3) is 4.63. The van der Waals surface area contributed by atoms with Crippen molar-refractivity contribution in [2.75, 3.05) is 19.7 Å². The van der Waals surface area contributed by atoms with Crippen molar-refractivity contribution in [1.82, 2.24) is 15.5 Å². The zero-order valence-electron chi connectivity index (χ0n) is 13.6. The van der Waals surface area contributed by atoms with Crippen LogP contribution in [0.15, 0.2) is 65.9 Å². The molecular weight excluding hydrogens is 322 g/mol. The van der Waals surface area contributed by atoms with E-state index in [4.69, 9.17) is 14.1 Å². The fourth-order valence-corrected chi connectivity index (χ4v) is 2.44. The fraction of sp³-hybridized carbons (Fsp3) is 0.222. The molecular formula is C18H19N3O4. The zero-order valence-corrected chi connectivity index (χ0v) is 13.6. The Morgan fingerprint density at radius 2 is 2.28 bits per heavy atom. The number of nitrogens with one attached hydrogen (secondary N) is 1. The summed E-state index contributed by atoms with van der Waals surface area (Å²) in [6, 6.07) is 8.65. The maximum atomic E-state index is 12.3. The lowest BCUT2D eigenvalue weighted by Crippen LogP contribution is -2.45. The van der Waals surface area contributed by atoms with Gasteiger partial charge in [0.2, 0.25) is 5.89 Å². The van der Waals surface area contributed by atoms with Crippen LogP contribution >= 0.6 is 0 Å². The van der Waals surface area contributed by atoms with E-state index in [0.29, 0.717) is 31.2 Å². The van der Waals surface area contributed by atoms with E-state index < -0.39 is 5.97 Å². The Morgan fingerprint density at radius 3 is 3.00 bits per heavy atom. The van der Waals surface area contributed by atoms with Crippen LogP contribution in [0.5, 0.6) is 0 Å². The van der Waals surface area contributed by atoms with Gasteiger partial charge in [-0.1, -0.05) is 30.4 Å². The van der Waals surface area contributed by atoms with E-state index >= 15 is 0 Å². The fourth-order valence-electron chi connectivity index (χ4n) is 2.44. The van der Waals surface area contributed by atoms with Gasteiger partial charge >= 0.3 is 5.97 Å². The third-order valence-electron chi connectivity index (χ3n) is 3.51. The molecule has 7 heteroatoms. The second-order valence-corrected chi connectivity index (χ2v) is 5.42. The molecule has 2 aromatic rings. The summed E-state index contributed by atoms with van der Waals surface area (Å²) in [5.41, 5.74) is 4.20. The van der Waals surface area contributed by atoms with Gasteiger partial charge in [-0.2, -0.15) is 5.48 Å². The molecule has 3 rings (SSSR count). The summed E-state index contributed by atoms with van der Waals surface area (Å²) in [4.78, 5) is 27.2. The van der Waals surface area contributed by atoms with Crippen LogP contribution in [0, 0.1) is 0 Å². The number of nitrogens with zero attached hydrogens (tertiary/aromatic N) is 2. The Balaban J connectivity index is 1.70. The summed E-state index contributed by atoms with van der Waals surface area (Å²) in [5, 5.41) is 1.56. The zero-order chi connectivity index (χ0) is 17.5. The van der Waals surface area contributed by atoms with Gasteiger partial charge in [0, 0.05) is 5.57 Å². The number of carbonyl (C=O) groups excluding carboxylic acids is 1. The van der Waals surface area contributed by atoms with Gasteiger partial charge in [0.1, 0.15) is 6.26 Å². The van der Waals surface area contributed by atoms with Crippen LogP contribution in [0.25, 0.3) is 5.57 Å². The average molecular weight is 341 g/mol. The Bertz CT molecular complexity index is 728. The highest BCUT2D eigenvalue weighted by molar-refractivity contribution is 5.89. The van der Waals surface area contributed by atoms with Gasteiger partial charge in [-0.05, 0) is 12.1 Å². The maximum Gasteiger partial charge on any atom is 0.357 e. The molecule has 0 bridgehead atoms. The van der Waals surface area contributed by atoms with Gasteiger partial charge in [-0.25, -0.2) is 9.78 Å². The smallest absolute Gasteiger partial charge is 0.357 e. The average Bonchev–Trinajstić information content (AvgIpc) is 3.17. The summed E-state index contributed by atoms with van der Waals surface area (Å²) in [6.07, 6.45) is 6.66. The number of hydrogen-bond donors (Lipinski definition) is 1. The van der Waals surface area contributed by atoms with Crippen molar-refractivity contribution in [1.29, 1.82) is 0 Å². The molecule has 2 heterocycles. The van der Waals surface area contributed by atoms with Crippen molar-refractivity contribution >= 4 is 11.5 Å². The standard InChI is InChI=1S/C18H19N3O4/c1-2-9-24-20-16-11-15(17-19-8-10-23-17)12-21(13-16)25-18(22)14-6-4-3-5-7-14/h2-8,10-11,16,20H,1,9,12-13H2. The molecule has 0 fully saturated rings. The first-order valence-corrected chi connectivity index (χ1v) is 7.87. The largest absolute Gasteiger partial charge is 0.445 e. The van der Waals surface area contributed by atoms with Crippen LogP contribution in [0.1, 0.15) is 16.2 Å². The van der Waals surface area contributed by atoms with Crippen molar-refractivity contribution in [3.8, 4) is 0 Å². The van der Waals surface area contributed by atoms with E-state index in [1.54, 1.807) is 41.6 Å². The first-order valence-electron chi connectivity index (χ1n) is 7.87. The van der Waals surface area contributed by atoms with E-state index in [9.17, 15) is 4.79 Å². The van der Waals surface area contributed by atoms with Gasteiger partial charge in [0.05, 0.1) is 37.5 Å². The quantitative estimate of drug-likeness (QED) is 0.470. The number of aromatic nitrogens is 1. The number of benzene rings is 1. The number of hydroxylamine groups is 3. The van der Waals surface area contributed by atoms with Gasteiger partial charge in [-0.15, -0.1) is 11.6 Å². The van der Waals surface area contributed by atoms with Gasteiger partial charge < -0.3 is 9.25 Å². The van der Waals surface area contributed by atoms with Crippen LogP contribution in [0.4, 0.5) is 0 Å².